The number of anilines is 1. The molecular weight excluding hydrogens is 292 g/mol. The Hall–Kier alpha value is -1.37. The average molecular weight is 310 g/mol. The van der Waals surface area contributed by atoms with Crippen molar-refractivity contribution in [2.24, 2.45) is 0 Å². The molecule has 1 unspecified atom stereocenters. The van der Waals surface area contributed by atoms with Crippen molar-refractivity contribution in [3.8, 4) is 0 Å². The van der Waals surface area contributed by atoms with Crippen LogP contribution in [0.4, 0.5) is 5.69 Å². The normalized spacial score (nSPS) is 13.3. The summed E-state index contributed by atoms with van der Waals surface area (Å²) in [6.45, 7) is 3.60. The lowest BCUT2D eigenvalue weighted by Gasteiger charge is -2.16. The maximum absolute atomic E-state index is 12.4. The number of nitrogen functional groups attached to an aromatic ring is 1. The number of thiophene rings is 1. The molecule has 0 aliphatic rings. The molecule has 1 atom stereocenters. The molecule has 20 heavy (non-hydrogen) atoms. The third-order valence-corrected chi connectivity index (χ3v) is 5.53. The van der Waals surface area contributed by atoms with E-state index in [9.17, 15) is 8.42 Å². The molecule has 2 aromatic rings. The fourth-order valence-electron chi connectivity index (χ4n) is 2.17. The molecule has 1 aromatic heterocycles. The number of hydrogen-bond acceptors (Lipinski definition) is 4. The number of aryl methyl sites for hydroxylation is 1. The van der Waals surface area contributed by atoms with Gasteiger partial charge in [0.1, 0.15) is 4.90 Å². The molecule has 0 radical (unpaired) electrons. The Morgan fingerprint density at radius 1 is 1.35 bits per heavy atom. The fourth-order valence-corrected chi connectivity index (χ4v) is 4.45. The molecule has 0 aliphatic heterocycles. The molecule has 1 aromatic carbocycles. The molecule has 108 valence electrons. The molecule has 6 heteroatoms. The van der Waals surface area contributed by atoms with E-state index < -0.39 is 10.0 Å². The first-order valence-electron chi connectivity index (χ1n) is 6.28. The lowest BCUT2D eigenvalue weighted by Crippen LogP contribution is -2.34. The van der Waals surface area contributed by atoms with E-state index in [2.05, 4.69) is 4.72 Å². The second-order valence-electron chi connectivity index (χ2n) is 4.85. The van der Waals surface area contributed by atoms with Crippen LogP contribution >= 0.6 is 11.3 Å². The van der Waals surface area contributed by atoms with E-state index >= 15 is 0 Å². The summed E-state index contributed by atoms with van der Waals surface area (Å²) in [6, 6.07) is 6.91. The van der Waals surface area contributed by atoms with Gasteiger partial charge < -0.3 is 5.73 Å². The van der Waals surface area contributed by atoms with Crippen LogP contribution in [-0.2, 0) is 16.4 Å². The van der Waals surface area contributed by atoms with Gasteiger partial charge in [-0.25, -0.2) is 13.1 Å². The van der Waals surface area contributed by atoms with Gasteiger partial charge in [0.2, 0.25) is 10.0 Å². The Kier molecular flexibility index (Phi) is 4.47. The van der Waals surface area contributed by atoms with Crippen molar-refractivity contribution in [2.75, 3.05) is 5.73 Å². The second-order valence-corrected chi connectivity index (χ2v) is 7.28. The number of nitrogens with one attached hydrogen (secondary N) is 1. The van der Waals surface area contributed by atoms with Gasteiger partial charge in [0.05, 0.1) is 5.69 Å². The zero-order valence-corrected chi connectivity index (χ0v) is 13.1. The summed E-state index contributed by atoms with van der Waals surface area (Å²) >= 11 is 1.60. The van der Waals surface area contributed by atoms with Gasteiger partial charge in [-0.2, -0.15) is 11.3 Å². The highest BCUT2D eigenvalue weighted by molar-refractivity contribution is 7.89. The molecule has 0 saturated carbocycles. The van der Waals surface area contributed by atoms with Gasteiger partial charge in [-0.15, -0.1) is 0 Å². The van der Waals surface area contributed by atoms with E-state index in [4.69, 9.17) is 5.73 Å². The van der Waals surface area contributed by atoms with Crippen LogP contribution in [-0.4, -0.2) is 14.5 Å². The van der Waals surface area contributed by atoms with Gasteiger partial charge in [-0.1, -0.05) is 12.1 Å². The summed E-state index contributed by atoms with van der Waals surface area (Å²) in [5.74, 6) is 0. The van der Waals surface area contributed by atoms with Crippen molar-refractivity contribution in [2.45, 2.75) is 31.2 Å². The van der Waals surface area contributed by atoms with E-state index in [1.165, 1.54) is 0 Å². The van der Waals surface area contributed by atoms with E-state index in [0.717, 1.165) is 5.56 Å². The standard InChI is InChI=1S/C14H18N2O2S2/c1-10-4-3-5-13(15)14(10)20(17,18)16-11(2)8-12-6-7-19-9-12/h3-7,9,11,16H,8,15H2,1-2H3. The maximum atomic E-state index is 12.4. The lowest BCUT2D eigenvalue weighted by atomic mass is 10.1. The van der Waals surface area contributed by atoms with E-state index in [0.29, 0.717) is 12.0 Å². The fraction of sp³-hybridized carbons (Fsp3) is 0.286. The SMILES string of the molecule is Cc1cccc(N)c1S(=O)(=O)NC(C)Cc1ccsc1. The van der Waals surface area contributed by atoms with Crippen LogP contribution in [0.3, 0.4) is 0 Å². The molecule has 2 rings (SSSR count). The van der Waals surface area contributed by atoms with Crippen molar-refractivity contribution in [1.29, 1.82) is 0 Å². The van der Waals surface area contributed by atoms with E-state index in [1.807, 2.05) is 23.8 Å². The van der Waals surface area contributed by atoms with Gasteiger partial charge in [0.15, 0.2) is 0 Å². The third-order valence-electron chi connectivity index (χ3n) is 2.99. The van der Waals surface area contributed by atoms with Gasteiger partial charge in [-0.3, -0.25) is 0 Å². The van der Waals surface area contributed by atoms with Crippen LogP contribution in [0.1, 0.15) is 18.1 Å². The maximum Gasteiger partial charge on any atom is 0.243 e. The predicted molar refractivity (Wildman–Crippen MR) is 83.4 cm³/mol. The monoisotopic (exact) mass is 310 g/mol. The first kappa shape index (κ1) is 15.0. The van der Waals surface area contributed by atoms with E-state index in [1.54, 1.807) is 36.5 Å². The van der Waals surface area contributed by atoms with E-state index in [-0.39, 0.29) is 16.6 Å². The highest BCUT2D eigenvalue weighted by atomic mass is 32.2. The zero-order valence-electron chi connectivity index (χ0n) is 11.5. The summed E-state index contributed by atoms with van der Waals surface area (Å²) in [7, 11) is -3.60. The quantitative estimate of drug-likeness (QED) is 0.834. The van der Waals surface area contributed by atoms with Crippen molar-refractivity contribution in [3.63, 3.8) is 0 Å². The van der Waals surface area contributed by atoms with Crippen LogP contribution < -0.4 is 10.5 Å². The summed E-state index contributed by atoms with van der Waals surface area (Å²) in [4.78, 5) is 0.178. The van der Waals surface area contributed by atoms with Gasteiger partial charge in [0, 0.05) is 6.04 Å². The average Bonchev–Trinajstić information content (AvgIpc) is 2.79. The third kappa shape index (κ3) is 3.39. The van der Waals surface area contributed by atoms with Crippen LogP contribution in [0, 0.1) is 6.92 Å². The Bertz CT molecular complexity index is 659. The smallest absolute Gasteiger partial charge is 0.243 e. The zero-order chi connectivity index (χ0) is 14.8. The van der Waals surface area contributed by atoms with Crippen molar-refractivity contribution in [1.82, 2.24) is 4.72 Å². The number of rotatable bonds is 5. The molecule has 0 saturated heterocycles. The summed E-state index contributed by atoms with van der Waals surface area (Å²) < 4.78 is 27.5. The van der Waals surface area contributed by atoms with Crippen LogP contribution in [0.15, 0.2) is 39.9 Å². The summed E-state index contributed by atoms with van der Waals surface area (Å²) in [5, 5.41) is 4.00. The van der Waals surface area contributed by atoms with Gasteiger partial charge >= 0.3 is 0 Å². The Morgan fingerprint density at radius 2 is 2.10 bits per heavy atom. The molecule has 1 heterocycles. The summed E-state index contributed by atoms with van der Waals surface area (Å²) in [5.41, 5.74) is 7.86. The first-order chi connectivity index (χ1) is 9.40. The molecule has 3 N–H and O–H groups in total. The topological polar surface area (TPSA) is 72.2 Å². The van der Waals surface area contributed by atoms with Gasteiger partial charge in [-0.05, 0) is 54.3 Å². The van der Waals surface area contributed by atoms with Crippen molar-refractivity contribution < 1.29 is 8.42 Å². The predicted octanol–water partition coefficient (Wildman–Crippen LogP) is 2.55. The molecule has 0 amide bonds. The lowest BCUT2D eigenvalue weighted by molar-refractivity contribution is 0.560. The minimum Gasteiger partial charge on any atom is -0.398 e. The number of benzene rings is 1. The Morgan fingerprint density at radius 3 is 2.70 bits per heavy atom. The van der Waals surface area contributed by atoms with Crippen LogP contribution in [0.5, 0.6) is 0 Å². The minimum absolute atomic E-state index is 0.178. The molecule has 0 fully saturated rings. The van der Waals surface area contributed by atoms with Crippen molar-refractivity contribution in [3.05, 3.63) is 46.2 Å². The molecule has 4 nitrogen and oxygen atoms in total. The molecule has 0 aliphatic carbocycles. The van der Waals surface area contributed by atoms with Crippen LogP contribution in [0.25, 0.3) is 0 Å². The minimum atomic E-state index is -3.60. The largest absolute Gasteiger partial charge is 0.398 e. The highest BCUT2D eigenvalue weighted by Gasteiger charge is 2.22. The van der Waals surface area contributed by atoms with Gasteiger partial charge in [0.25, 0.3) is 0 Å². The Balaban J connectivity index is 2.19. The van der Waals surface area contributed by atoms with Crippen LogP contribution in [0.2, 0.25) is 0 Å². The summed E-state index contributed by atoms with van der Waals surface area (Å²) in [6.07, 6.45) is 0.661. The highest BCUT2D eigenvalue weighted by Crippen LogP contribution is 2.22. The molecule has 0 bridgehead atoms. The van der Waals surface area contributed by atoms with Crippen molar-refractivity contribution >= 4 is 27.0 Å². The number of hydrogen-bond donors (Lipinski definition) is 2. The molecule has 0 spiro atoms. The Labute approximate surface area is 123 Å². The number of nitrogens with two attached hydrogens (primary N) is 1. The first-order valence-corrected chi connectivity index (χ1v) is 8.71. The second kappa shape index (κ2) is 5.95. The number of sulfonamides is 1. The molecular formula is C14H18N2O2S2.